The SMILES string of the molecule is Cl.Cl.NCCN1CCN(Cc2cscn2)CC1. The van der Waals surface area contributed by atoms with Crippen LogP contribution < -0.4 is 5.73 Å². The summed E-state index contributed by atoms with van der Waals surface area (Å²) in [6.45, 7) is 7.36. The summed E-state index contributed by atoms with van der Waals surface area (Å²) >= 11 is 1.67. The molecule has 2 rings (SSSR count). The van der Waals surface area contributed by atoms with Crippen LogP contribution in [-0.4, -0.2) is 54.1 Å². The molecule has 2 heterocycles. The van der Waals surface area contributed by atoms with Crippen molar-refractivity contribution in [2.24, 2.45) is 5.73 Å². The van der Waals surface area contributed by atoms with Crippen molar-refractivity contribution in [1.29, 1.82) is 0 Å². The first-order chi connectivity index (χ1) is 7.38. The van der Waals surface area contributed by atoms with Gasteiger partial charge >= 0.3 is 0 Å². The van der Waals surface area contributed by atoms with E-state index in [1.54, 1.807) is 11.3 Å². The van der Waals surface area contributed by atoms with E-state index in [4.69, 9.17) is 5.73 Å². The number of piperazine rings is 1. The molecular weight excluding hydrogens is 279 g/mol. The molecule has 2 N–H and O–H groups in total. The van der Waals surface area contributed by atoms with Crippen molar-refractivity contribution in [3.05, 3.63) is 16.6 Å². The molecule has 100 valence electrons. The van der Waals surface area contributed by atoms with E-state index in [-0.39, 0.29) is 24.8 Å². The predicted octanol–water partition coefficient (Wildman–Crippen LogP) is 1.06. The topological polar surface area (TPSA) is 45.4 Å². The fourth-order valence-corrected chi connectivity index (χ4v) is 2.45. The largest absolute Gasteiger partial charge is 0.329 e. The average Bonchev–Trinajstić information content (AvgIpc) is 2.74. The number of hydrogen-bond donors (Lipinski definition) is 1. The van der Waals surface area contributed by atoms with Crippen molar-refractivity contribution in [1.82, 2.24) is 14.8 Å². The molecule has 0 atom stereocenters. The van der Waals surface area contributed by atoms with Crippen molar-refractivity contribution in [2.75, 3.05) is 39.3 Å². The Labute approximate surface area is 119 Å². The normalized spacial score (nSPS) is 17.2. The Bertz CT molecular complexity index is 276. The van der Waals surface area contributed by atoms with Gasteiger partial charge in [0.05, 0.1) is 11.2 Å². The number of nitrogens with zero attached hydrogens (tertiary/aromatic N) is 3. The van der Waals surface area contributed by atoms with Gasteiger partial charge in [-0.1, -0.05) is 0 Å². The number of halogens is 2. The summed E-state index contributed by atoms with van der Waals surface area (Å²) in [5.41, 5.74) is 8.64. The van der Waals surface area contributed by atoms with Crippen molar-refractivity contribution < 1.29 is 0 Å². The minimum Gasteiger partial charge on any atom is -0.329 e. The number of hydrogen-bond acceptors (Lipinski definition) is 5. The molecule has 1 aliphatic rings. The molecule has 1 aliphatic heterocycles. The van der Waals surface area contributed by atoms with Crippen LogP contribution in [0.3, 0.4) is 0 Å². The van der Waals surface area contributed by atoms with E-state index in [0.717, 1.165) is 45.8 Å². The van der Waals surface area contributed by atoms with Crippen LogP contribution in [0.1, 0.15) is 5.69 Å². The van der Waals surface area contributed by atoms with Gasteiger partial charge in [0, 0.05) is 51.2 Å². The van der Waals surface area contributed by atoms with Crippen molar-refractivity contribution in [3.8, 4) is 0 Å². The van der Waals surface area contributed by atoms with Crippen molar-refractivity contribution in [2.45, 2.75) is 6.54 Å². The zero-order chi connectivity index (χ0) is 10.5. The minimum absolute atomic E-state index is 0. The number of nitrogens with two attached hydrogens (primary N) is 1. The zero-order valence-electron chi connectivity index (χ0n) is 9.75. The van der Waals surface area contributed by atoms with Crippen LogP contribution in [0.25, 0.3) is 0 Å². The molecule has 0 aromatic carbocycles. The van der Waals surface area contributed by atoms with Crippen LogP contribution in [0.15, 0.2) is 10.9 Å². The third kappa shape index (κ3) is 5.50. The standard InChI is InChI=1S/C10H18N4S.2ClH/c11-1-2-13-3-5-14(6-4-13)7-10-8-15-9-12-10;;/h8-9H,1-7,11H2;2*1H. The Balaban J connectivity index is 0.00000128. The van der Waals surface area contributed by atoms with Crippen molar-refractivity contribution in [3.63, 3.8) is 0 Å². The Morgan fingerprint density at radius 2 is 1.82 bits per heavy atom. The lowest BCUT2D eigenvalue weighted by molar-refractivity contribution is 0.129. The maximum atomic E-state index is 5.54. The van der Waals surface area contributed by atoms with Gasteiger partial charge in [0.1, 0.15) is 0 Å². The molecule has 1 aromatic rings. The molecule has 0 saturated carbocycles. The van der Waals surface area contributed by atoms with Gasteiger partial charge in [-0.2, -0.15) is 0 Å². The van der Waals surface area contributed by atoms with Crippen LogP contribution in [0.2, 0.25) is 0 Å². The fraction of sp³-hybridized carbons (Fsp3) is 0.700. The van der Waals surface area contributed by atoms with Gasteiger partial charge in [-0.05, 0) is 0 Å². The number of aromatic nitrogens is 1. The lowest BCUT2D eigenvalue weighted by atomic mass is 10.3. The predicted molar refractivity (Wildman–Crippen MR) is 77.4 cm³/mol. The summed E-state index contributed by atoms with van der Waals surface area (Å²) in [7, 11) is 0. The van der Waals surface area contributed by atoms with Crippen LogP contribution in [-0.2, 0) is 6.54 Å². The molecule has 7 heteroatoms. The van der Waals surface area contributed by atoms with Gasteiger partial charge in [0.15, 0.2) is 0 Å². The van der Waals surface area contributed by atoms with E-state index in [1.165, 1.54) is 5.69 Å². The molecule has 1 aromatic heterocycles. The van der Waals surface area contributed by atoms with Gasteiger partial charge in [-0.25, -0.2) is 4.98 Å². The van der Waals surface area contributed by atoms with Gasteiger partial charge in [-0.15, -0.1) is 36.2 Å². The first kappa shape index (κ1) is 17.1. The minimum atomic E-state index is 0. The van der Waals surface area contributed by atoms with E-state index >= 15 is 0 Å². The molecule has 0 bridgehead atoms. The first-order valence-corrected chi connectivity index (χ1v) is 6.34. The lowest BCUT2D eigenvalue weighted by Gasteiger charge is -2.33. The molecule has 0 radical (unpaired) electrons. The van der Waals surface area contributed by atoms with E-state index in [2.05, 4.69) is 20.2 Å². The maximum absolute atomic E-state index is 5.54. The third-order valence-electron chi connectivity index (χ3n) is 2.78. The summed E-state index contributed by atoms with van der Waals surface area (Å²) < 4.78 is 0. The Morgan fingerprint density at radius 1 is 1.18 bits per heavy atom. The highest BCUT2D eigenvalue weighted by Gasteiger charge is 2.16. The van der Waals surface area contributed by atoms with E-state index in [0.29, 0.717) is 0 Å². The second kappa shape index (κ2) is 9.08. The van der Waals surface area contributed by atoms with E-state index < -0.39 is 0 Å². The van der Waals surface area contributed by atoms with Gasteiger partial charge < -0.3 is 5.73 Å². The summed E-state index contributed by atoms with van der Waals surface area (Å²) in [5, 5.41) is 2.13. The molecule has 4 nitrogen and oxygen atoms in total. The second-order valence-corrected chi connectivity index (χ2v) is 4.60. The van der Waals surface area contributed by atoms with Gasteiger partial charge in [0.25, 0.3) is 0 Å². The van der Waals surface area contributed by atoms with Gasteiger partial charge in [0.2, 0.25) is 0 Å². The molecular formula is C10H20Cl2N4S. The summed E-state index contributed by atoms with van der Waals surface area (Å²) in [4.78, 5) is 9.20. The maximum Gasteiger partial charge on any atom is 0.0795 e. The van der Waals surface area contributed by atoms with Crippen molar-refractivity contribution >= 4 is 36.2 Å². The number of thiazole rings is 1. The quantitative estimate of drug-likeness (QED) is 0.903. The Kier molecular flexibility index (Phi) is 9.13. The highest BCUT2D eigenvalue weighted by Crippen LogP contribution is 2.08. The lowest BCUT2D eigenvalue weighted by Crippen LogP contribution is -2.47. The van der Waals surface area contributed by atoms with Crippen LogP contribution in [0, 0.1) is 0 Å². The number of rotatable bonds is 4. The highest BCUT2D eigenvalue weighted by atomic mass is 35.5. The van der Waals surface area contributed by atoms with Crippen LogP contribution >= 0.6 is 36.2 Å². The monoisotopic (exact) mass is 298 g/mol. The summed E-state index contributed by atoms with van der Waals surface area (Å²) in [5.74, 6) is 0. The van der Waals surface area contributed by atoms with E-state index in [9.17, 15) is 0 Å². The molecule has 0 unspecified atom stereocenters. The highest BCUT2D eigenvalue weighted by molar-refractivity contribution is 7.07. The molecule has 1 saturated heterocycles. The third-order valence-corrected chi connectivity index (χ3v) is 3.41. The van der Waals surface area contributed by atoms with Crippen LogP contribution in [0.4, 0.5) is 0 Å². The Hall–Kier alpha value is 0.0900. The molecule has 1 fully saturated rings. The second-order valence-electron chi connectivity index (χ2n) is 3.89. The first-order valence-electron chi connectivity index (χ1n) is 5.40. The van der Waals surface area contributed by atoms with E-state index in [1.807, 2.05) is 5.51 Å². The molecule has 0 spiro atoms. The van der Waals surface area contributed by atoms with Crippen LogP contribution in [0.5, 0.6) is 0 Å². The zero-order valence-corrected chi connectivity index (χ0v) is 12.2. The van der Waals surface area contributed by atoms with Gasteiger partial charge in [-0.3, -0.25) is 9.80 Å². The average molecular weight is 299 g/mol. The Morgan fingerprint density at radius 3 is 2.35 bits per heavy atom. The molecule has 0 amide bonds. The summed E-state index contributed by atoms with van der Waals surface area (Å²) in [6, 6.07) is 0. The summed E-state index contributed by atoms with van der Waals surface area (Å²) in [6.07, 6.45) is 0. The molecule has 17 heavy (non-hydrogen) atoms. The smallest absolute Gasteiger partial charge is 0.0795 e. The fourth-order valence-electron chi connectivity index (χ4n) is 1.90. The molecule has 0 aliphatic carbocycles.